The highest BCUT2D eigenvalue weighted by Gasteiger charge is 2.35. The fraction of sp³-hybridized carbons (Fsp3) is 0.667. The Morgan fingerprint density at radius 3 is 3.05 bits per heavy atom. The van der Waals surface area contributed by atoms with Crippen molar-refractivity contribution in [2.45, 2.75) is 45.3 Å². The Balaban J connectivity index is 1.91. The van der Waals surface area contributed by atoms with Crippen molar-refractivity contribution >= 4 is 5.82 Å². The molecule has 0 radical (unpaired) electrons. The third-order valence-corrected chi connectivity index (χ3v) is 4.68. The van der Waals surface area contributed by atoms with Crippen LogP contribution in [0.4, 0.5) is 5.82 Å². The predicted octanol–water partition coefficient (Wildman–Crippen LogP) is 1.52. The van der Waals surface area contributed by atoms with Gasteiger partial charge in [0.1, 0.15) is 5.82 Å². The number of nitrogens with two attached hydrogens (primary N) is 1. The average molecular weight is 260 g/mol. The largest absolute Gasteiger partial charge is 0.351 e. The Morgan fingerprint density at radius 1 is 1.42 bits per heavy atom. The molecule has 2 atom stereocenters. The third-order valence-electron chi connectivity index (χ3n) is 4.68. The van der Waals surface area contributed by atoms with Gasteiger partial charge in [-0.2, -0.15) is 0 Å². The molecule has 0 bridgehead atoms. The highest BCUT2D eigenvalue weighted by atomic mass is 15.3. The minimum Gasteiger partial charge on any atom is -0.351 e. The molecule has 2 N–H and O–H groups in total. The minimum absolute atomic E-state index is 0.522. The number of hydrogen-bond donors (Lipinski definition) is 1. The van der Waals surface area contributed by atoms with Gasteiger partial charge in [0, 0.05) is 43.5 Å². The molecular formula is C15H24N4. The topological polar surface area (TPSA) is 45.4 Å². The van der Waals surface area contributed by atoms with E-state index in [4.69, 9.17) is 5.73 Å². The van der Waals surface area contributed by atoms with Crippen molar-refractivity contribution in [1.29, 1.82) is 0 Å². The van der Waals surface area contributed by atoms with Crippen LogP contribution in [0, 0.1) is 6.92 Å². The Kier molecular flexibility index (Phi) is 3.46. The lowest BCUT2D eigenvalue weighted by molar-refractivity contribution is 0.202. The standard InChI is InChI=1S/C15H24N4/c1-11-5-6-17-15(14(11)8-16)19-10-13-4-3-7-18(13)9-12(19)2/h5-6,12-13H,3-4,7-10,16H2,1-2H3. The number of fused-ring (bicyclic) bond motifs is 1. The van der Waals surface area contributed by atoms with Crippen LogP contribution in [0.3, 0.4) is 0 Å². The lowest BCUT2D eigenvalue weighted by Gasteiger charge is -2.43. The molecular weight excluding hydrogens is 236 g/mol. The van der Waals surface area contributed by atoms with Crippen molar-refractivity contribution in [2.24, 2.45) is 5.73 Å². The number of rotatable bonds is 2. The van der Waals surface area contributed by atoms with E-state index in [0.717, 1.165) is 18.9 Å². The molecule has 19 heavy (non-hydrogen) atoms. The van der Waals surface area contributed by atoms with Gasteiger partial charge in [0.15, 0.2) is 0 Å². The fourth-order valence-electron chi connectivity index (χ4n) is 3.56. The zero-order valence-electron chi connectivity index (χ0n) is 12.0. The molecule has 0 aromatic carbocycles. The molecule has 3 heterocycles. The molecule has 0 saturated carbocycles. The van der Waals surface area contributed by atoms with E-state index in [1.165, 1.54) is 30.5 Å². The molecule has 3 rings (SSSR count). The number of nitrogens with zero attached hydrogens (tertiary/aromatic N) is 3. The van der Waals surface area contributed by atoms with Crippen LogP contribution in [0.5, 0.6) is 0 Å². The normalized spacial score (nSPS) is 27.6. The number of hydrogen-bond acceptors (Lipinski definition) is 4. The van der Waals surface area contributed by atoms with Crippen molar-refractivity contribution in [3.63, 3.8) is 0 Å². The predicted molar refractivity (Wildman–Crippen MR) is 78.3 cm³/mol. The van der Waals surface area contributed by atoms with E-state index in [-0.39, 0.29) is 0 Å². The first-order chi connectivity index (χ1) is 9.20. The summed E-state index contributed by atoms with van der Waals surface area (Å²) in [6.07, 6.45) is 4.58. The average Bonchev–Trinajstić information content (AvgIpc) is 2.84. The first-order valence-electron chi connectivity index (χ1n) is 7.36. The first-order valence-corrected chi connectivity index (χ1v) is 7.36. The molecule has 2 unspecified atom stereocenters. The van der Waals surface area contributed by atoms with Gasteiger partial charge in [0.05, 0.1) is 0 Å². The quantitative estimate of drug-likeness (QED) is 0.876. The summed E-state index contributed by atoms with van der Waals surface area (Å²) < 4.78 is 0. The molecule has 2 aliphatic heterocycles. The highest BCUT2D eigenvalue weighted by Crippen LogP contribution is 2.30. The van der Waals surface area contributed by atoms with Crippen molar-refractivity contribution in [1.82, 2.24) is 9.88 Å². The summed E-state index contributed by atoms with van der Waals surface area (Å²) in [5.74, 6) is 1.11. The van der Waals surface area contributed by atoms with Crippen molar-refractivity contribution in [3.05, 3.63) is 23.4 Å². The minimum atomic E-state index is 0.522. The summed E-state index contributed by atoms with van der Waals surface area (Å²) >= 11 is 0. The molecule has 1 aromatic rings. The molecule has 0 aliphatic carbocycles. The molecule has 2 saturated heterocycles. The van der Waals surface area contributed by atoms with E-state index in [1.807, 2.05) is 6.20 Å². The zero-order valence-corrected chi connectivity index (χ0v) is 12.0. The van der Waals surface area contributed by atoms with Gasteiger partial charge < -0.3 is 10.6 Å². The zero-order chi connectivity index (χ0) is 13.4. The second-order valence-electron chi connectivity index (χ2n) is 5.93. The van der Waals surface area contributed by atoms with E-state index < -0.39 is 0 Å². The second-order valence-corrected chi connectivity index (χ2v) is 5.93. The van der Waals surface area contributed by atoms with E-state index >= 15 is 0 Å². The molecule has 1 aromatic heterocycles. The number of anilines is 1. The van der Waals surface area contributed by atoms with Gasteiger partial charge in [-0.3, -0.25) is 4.90 Å². The van der Waals surface area contributed by atoms with Crippen LogP contribution in [0.2, 0.25) is 0 Å². The van der Waals surface area contributed by atoms with Crippen molar-refractivity contribution in [2.75, 3.05) is 24.5 Å². The van der Waals surface area contributed by atoms with E-state index in [1.54, 1.807) is 0 Å². The van der Waals surface area contributed by atoms with E-state index in [2.05, 4.69) is 34.7 Å². The van der Waals surface area contributed by atoms with Gasteiger partial charge in [-0.25, -0.2) is 4.98 Å². The maximum atomic E-state index is 5.93. The molecule has 2 aliphatic rings. The molecule has 0 spiro atoms. The Hall–Kier alpha value is -1.13. The number of aromatic nitrogens is 1. The molecule has 0 amide bonds. The summed E-state index contributed by atoms with van der Waals surface area (Å²) in [7, 11) is 0. The lowest BCUT2D eigenvalue weighted by Crippen LogP contribution is -2.55. The Labute approximate surface area is 115 Å². The van der Waals surface area contributed by atoms with Crippen LogP contribution in [0.1, 0.15) is 30.9 Å². The Morgan fingerprint density at radius 2 is 2.26 bits per heavy atom. The van der Waals surface area contributed by atoms with Crippen molar-refractivity contribution in [3.8, 4) is 0 Å². The molecule has 104 valence electrons. The van der Waals surface area contributed by atoms with Crippen molar-refractivity contribution < 1.29 is 0 Å². The van der Waals surface area contributed by atoms with Crippen LogP contribution >= 0.6 is 0 Å². The van der Waals surface area contributed by atoms with Gasteiger partial charge in [-0.1, -0.05) is 0 Å². The number of piperazine rings is 1. The van der Waals surface area contributed by atoms with Crippen LogP contribution < -0.4 is 10.6 Å². The van der Waals surface area contributed by atoms with Gasteiger partial charge in [0.2, 0.25) is 0 Å². The lowest BCUT2D eigenvalue weighted by atomic mass is 10.0. The SMILES string of the molecule is Cc1ccnc(N2CC3CCCN3CC2C)c1CN. The summed E-state index contributed by atoms with van der Waals surface area (Å²) in [5.41, 5.74) is 8.40. The summed E-state index contributed by atoms with van der Waals surface area (Å²) in [6, 6.07) is 3.29. The molecule has 4 nitrogen and oxygen atoms in total. The van der Waals surface area contributed by atoms with Crippen LogP contribution in [-0.4, -0.2) is 41.6 Å². The van der Waals surface area contributed by atoms with E-state index in [9.17, 15) is 0 Å². The monoisotopic (exact) mass is 260 g/mol. The Bertz CT molecular complexity index is 459. The molecule has 4 heteroatoms. The smallest absolute Gasteiger partial charge is 0.133 e. The summed E-state index contributed by atoms with van der Waals surface area (Å²) in [4.78, 5) is 9.74. The maximum Gasteiger partial charge on any atom is 0.133 e. The van der Waals surface area contributed by atoms with Gasteiger partial charge in [0.25, 0.3) is 0 Å². The molecule has 2 fully saturated rings. The second kappa shape index (κ2) is 5.10. The van der Waals surface area contributed by atoms with Crippen LogP contribution in [-0.2, 0) is 6.54 Å². The highest BCUT2D eigenvalue weighted by molar-refractivity contribution is 5.51. The number of aryl methyl sites for hydroxylation is 1. The fourth-order valence-corrected chi connectivity index (χ4v) is 3.56. The summed E-state index contributed by atoms with van der Waals surface area (Å²) in [6.45, 7) is 8.54. The first kappa shape index (κ1) is 12.9. The van der Waals surface area contributed by atoms with Crippen LogP contribution in [0.25, 0.3) is 0 Å². The third kappa shape index (κ3) is 2.23. The van der Waals surface area contributed by atoms with E-state index in [0.29, 0.717) is 18.6 Å². The summed E-state index contributed by atoms with van der Waals surface area (Å²) in [5, 5.41) is 0. The maximum absolute atomic E-state index is 5.93. The van der Waals surface area contributed by atoms with Gasteiger partial charge in [-0.05, 0) is 44.9 Å². The van der Waals surface area contributed by atoms with Gasteiger partial charge >= 0.3 is 0 Å². The number of pyridine rings is 1. The van der Waals surface area contributed by atoms with Crippen LogP contribution in [0.15, 0.2) is 12.3 Å². The van der Waals surface area contributed by atoms with Gasteiger partial charge in [-0.15, -0.1) is 0 Å².